The Morgan fingerprint density at radius 1 is 0.179 bits per heavy atom. The monoisotopic (exact) mass is 1640 g/mol. The Balaban J connectivity index is 0.000000136. The number of hydrogen-bond acceptors (Lipinski definition) is 13. The van der Waals surface area contributed by atoms with Gasteiger partial charge in [0.15, 0.2) is 34.9 Å². The number of para-hydroxylation sites is 3. The molecule has 13 heteroatoms. The van der Waals surface area contributed by atoms with Crippen molar-refractivity contribution in [2.24, 2.45) is 0 Å². The van der Waals surface area contributed by atoms with Crippen LogP contribution in [-0.4, -0.2) is 39.9 Å². The number of aromatic nitrogens is 8. The van der Waals surface area contributed by atoms with Crippen LogP contribution in [0.25, 0.3) is 259 Å². The lowest BCUT2D eigenvalue weighted by atomic mass is 9.91. The number of pyridine rings is 2. The van der Waals surface area contributed by atoms with Gasteiger partial charge in [-0.3, -0.25) is 0 Å². The Morgan fingerprint density at radius 2 is 0.496 bits per heavy atom. The van der Waals surface area contributed by atoms with Crippen molar-refractivity contribution in [3.8, 4) is 113 Å². The second kappa shape index (κ2) is 28.8. The van der Waals surface area contributed by atoms with Crippen LogP contribution in [0.15, 0.2) is 381 Å². The highest BCUT2D eigenvalue weighted by molar-refractivity contribution is 7.27. The summed E-state index contributed by atoms with van der Waals surface area (Å²) in [6.07, 6.45) is 0. The predicted octanol–water partition coefficient (Wildman–Crippen LogP) is 31.2. The Morgan fingerprint density at radius 3 is 0.951 bits per heavy atom. The quantitative estimate of drug-likeness (QED) is 0.123. The average molecular weight is 1640 g/mol. The molecule has 0 bridgehead atoms. The summed E-state index contributed by atoms with van der Waals surface area (Å²) in [5.74, 6) is 3.85. The van der Waals surface area contributed by atoms with Crippen LogP contribution in [0.1, 0.15) is 0 Å². The first-order chi connectivity index (χ1) is 61.0. The molecular weight excluding hydrogens is 1580 g/mol. The van der Waals surface area contributed by atoms with Crippen LogP contribution < -0.4 is 0 Å². The minimum atomic E-state index is 0.610. The smallest absolute Gasteiger partial charge is 0.164 e. The van der Waals surface area contributed by atoms with Crippen LogP contribution in [0.2, 0.25) is 0 Å². The van der Waals surface area contributed by atoms with E-state index in [4.69, 9.17) is 44.3 Å². The van der Waals surface area contributed by atoms with Gasteiger partial charge in [-0.1, -0.05) is 303 Å². The zero-order valence-corrected chi connectivity index (χ0v) is 68.7. The molecule has 0 amide bonds. The number of hydrogen-bond donors (Lipinski definition) is 0. The van der Waals surface area contributed by atoms with Gasteiger partial charge in [0.1, 0.15) is 11.2 Å². The highest BCUT2D eigenvalue weighted by atomic mass is 32.1. The molecule has 0 N–H and O–H groups in total. The van der Waals surface area contributed by atoms with Crippen molar-refractivity contribution in [1.82, 2.24) is 39.9 Å². The normalized spacial score (nSPS) is 11.9. The summed E-state index contributed by atoms with van der Waals surface area (Å²) in [5, 5.41) is 18.7. The minimum Gasteiger partial charge on any atom is -0.455 e. The largest absolute Gasteiger partial charge is 0.455 e. The molecule has 9 aromatic heterocycles. The zero-order chi connectivity index (χ0) is 80.7. The Labute approximate surface area is 719 Å². The molecule has 0 radical (unpaired) electrons. The molecule has 9 heterocycles. The van der Waals surface area contributed by atoms with Gasteiger partial charge < -0.3 is 4.42 Å². The van der Waals surface area contributed by atoms with Gasteiger partial charge in [-0.25, -0.2) is 39.9 Å². The van der Waals surface area contributed by atoms with Crippen molar-refractivity contribution in [1.29, 1.82) is 0 Å². The molecule has 572 valence electrons. The summed E-state index contributed by atoms with van der Waals surface area (Å²) in [4.78, 5) is 42.0. The van der Waals surface area contributed by atoms with Gasteiger partial charge in [-0.2, -0.15) is 0 Å². The van der Waals surface area contributed by atoms with Crippen LogP contribution in [0.5, 0.6) is 0 Å². The van der Waals surface area contributed by atoms with Crippen molar-refractivity contribution in [2.45, 2.75) is 0 Å². The maximum absolute atomic E-state index is 6.85. The summed E-state index contributed by atoms with van der Waals surface area (Å²) in [6, 6.07) is 132. The lowest BCUT2D eigenvalue weighted by Gasteiger charge is -2.15. The number of fused-ring (bicyclic) bond motifs is 23. The SMILES string of the molecule is c1ccc(-c2nc(-c3ccc(-c4cc5c(-c6ccccc6)nc6ccccc6c5c5c4sc4ccccc45)cc3)nc(-c3cccc4sc5ccccc5c34)n2)cc1.c1ccc(-c2nc3ccccc3c3c2cc(-c2ccc(-c4nc(-c5cccc6sc7ccccc7c56)nc(-c5cccc6sc7ccccc7c56)n4)cc2)c2oc4ccccc4c23)cc1. The fourth-order valence-electron chi connectivity index (χ4n) is 18.3. The van der Waals surface area contributed by atoms with Gasteiger partial charge in [0, 0.05) is 179 Å². The van der Waals surface area contributed by atoms with E-state index in [9.17, 15) is 0 Å². The molecule has 26 aromatic rings. The molecule has 0 saturated heterocycles. The van der Waals surface area contributed by atoms with Crippen LogP contribution >= 0.6 is 45.3 Å². The maximum atomic E-state index is 6.85. The Hall–Kier alpha value is -15.2. The highest BCUT2D eigenvalue weighted by Gasteiger charge is 2.27. The van der Waals surface area contributed by atoms with Gasteiger partial charge in [0.25, 0.3) is 0 Å². The summed E-state index contributed by atoms with van der Waals surface area (Å²) >= 11 is 7.25. The van der Waals surface area contributed by atoms with Gasteiger partial charge in [-0.05, 0) is 83.9 Å². The van der Waals surface area contributed by atoms with E-state index in [0.29, 0.717) is 34.9 Å². The number of rotatable bonds is 10. The fraction of sp³-hybridized carbons (Fsp3) is 0. The molecule has 0 saturated carbocycles. The number of thiophene rings is 4. The second-order valence-electron chi connectivity index (χ2n) is 30.9. The summed E-state index contributed by atoms with van der Waals surface area (Å²) in [5.41, 5.74) is 17.8. The number of furan rings is 1. The summed E-state index contributed by atoms with van der Waals surface area (Å²) in [6.45, 7) is 0. The Kier molecular flexibility index (Phi) is 16.6. The highest BCUT2D eigenvalue weighted by Crippen LogP contribution is 2.52. The number of nitrogens with zero attached hydrogens (tertiary/aromatic N) is 8. The third-order valence-electron chi connectivity index (χ3n) is 23.9. The summed E-state index contributed by atoms with van der Waals surface area (Å²) in [7, 11) is 0. The van der Waals surface area contributed by atoms with E-state index in [1.807, 2.05) is 35.6 Å². The van der Waals surface area contributed by atoms with Crippen molar-refractivity contribution >= 4 is 191 Å². The van der Waals surface area contributed by atoms with Gasteiger partial charge >= 0.3 is 0 Å². The molecule has 0 aliphatic carbocycles. The van der Waals surface area contributed by atoms with Crippen molar-refractivity contribution in [2.75, 3.05) is 0 Å². The van der Waals surface area contributed by atoms with Gasteiger partial charge in [0.2, 0.25) is 0 Å². The predicted molar refractivity (Wildman–Crippen MR) is 518 cm³/mol. The zero-order valence-electron chi connectivity index (χ0n) is 65.4. The van der Waals surface area contributed by atoms with E-state index >= 15 is 0 Å². The Bertz CT molecular complexity index is 8690. The molecule has 0 unspecified atom stereocenters. The van der Waals surface area contributed by atoms with Crippen molar-refractivity contribution < 1.29 is 4.42 Å². The van der Waals surface area contributed by atoms with E-state index in [-0.39, 0.29) is 0 Å². The standard InChI is InChI=1S/C58H32N4OS2.C52H30N4S2/c1-2-14-34(15-3-1)54-43-32-42(55-53(37-17-5-9-23-45(37)63-55)52(43)36-16-4-8-22-44(36)59-54)33-28-30-35(31-29-33)56-60-57(40-20-12-26-48-50(40)38-18-6-10-24-46(38)64-48)62-58(61-56)41-21-13-27-49-51(41)39-19-7-11-25-47(39)65-49;1-3-14-32(15-4-1)48-40-30-39(49-47(37-20-9-12-24-43(37)58-49)46(40)35-18-7-10-22-41(35)53-48)31-26-28-34(29-27-31)51-54-50(33-16-5-2-6-17-33)55-52(56-51)38-21-13-25-44-45(38)36-19-8-11-23-42(36)57-44/h1-32H;1-30H. The molecule has 123 heavy (non-hydrogen) atoms. The van der Waals surface area contributed by atoms with Crippen LogP contribution in [0.4, 0.5) is 0 Å². The molecule has 0 atom stereocenters. The van der Waals surface area contributed by atoms with Crippen LogP contribution in [-0.2, 0) is 0 Å². The molecule has 9 nitrogen and oxygen atoms in total. The first-order valence-corrected chi connectivity index (χ1v) is 44.2. The second-order valence-corrected chi connectivity index (χ2v) is 35.3. The third kappa shape index (κ3) is 11.8. The van der Waals surface area contributed by atoms with Crippen molar-refractivity contribution in [3.05, 3.63) is 376 Å². The molecule has 0 aliphatic rings. The van der Waals surface area contributed by atoms with E-state index in [0.717, 1.165) is 138 Å². The first-order valence-electron chi connectivity index (χ1n) is 40.9. The van der Waals surface area contributed by atoms with Gasteiger partial charge in [0.05, 0.1) is 22.4 Å². The van der Waals surface area contributed by atoms with E-state index in [2.05, 4.69) is 352 Å². The molecule has 0 spiro atoms. The molecular formula is C110H62N8OS4. The first kappa shape index (κ1) is 70.8. The van der Waals surface area contributed by atoms with E-state index in [1.54, 1.807) is 34.0 Å². The van der Waals surface area contributed by atoms with Crippen LogP contribution in [0, 0.1) is 0 Å². The molecule has 17 aromatic carbocycles. The topological polar surface area (TPSA) is 116 Å². The molecule has 0 fully saturated rings. The number of benzene rings is 17. The third-order valence-corrected chi connectivity index (χ3v) is 28.5. The average Bonchev–Trinajstić information content (AvgIpc) is 1.60. The van der Waals surface area contributed by atoms with Crippen LogP contribution in [0.3, 0.4) is 0 Å². The summed E-state index contributed by atoms with van der Waals surface area (Å²) < 4.78 is 16.7. The van der Waals surface area contributed by atoms with E-state index < -0.39 is 0 Å². The fourth-order valence-corrected chi connectivity index (χ4v) is 22.9. The van der Waals surface area contributed by atoms with Crippen molar-refractivity contribution in [3.63, 3.8) is 0 Å². The molecule has 26 rings (SSSR count). The van der Waals surface area contributed by atoms with E-state index in [1.165, 1.54) is 86.3 Å². The lowest BCUT2D eigenvalue weighted by Crippen LogP contribution is -2.00. The minimum absolute atomic E-state index is 0.610. The maximum Gasteiger partial charge on any atom is 0.164 e. The molecule has 0 aliphatic heterocycles. The van der Waals surface area contributed by atoms with Gasteiger partial charge in [-0.15, -0.1) is 45.3 Å². The lowest BCUT2D eigenvalue weighted by molar-refractivity contribution is 0.670.